The number of carbonyl (C=O) groups is 1. The van der Waals surface area contributed by atoms with Crippen molar-refractivity contribution in [2.24, 2.45) is 5.10 Å². The molecule has 2 heterocycles. The van der Waals surface area contributed by atoms with Crippen LogP contribution < -0.4 is 15.9 Å². The van der Waals surface area contributed by atoms with Gasteiger partial charge in [-0.05, 0) is 73.0 Å². The Balaban J connectivity index is 1.81. The molecule has 0 aliphatic heterocycles. The van der Waals surface area contributed by atoms with E-state index in [0.29, 0.717) is 18.8 Å². The van der Waals surface area contributed by atoms with Gasteiger partial charge in [-0.2, -0.15) is 9.78 Å². The highest BCUT2D eigenvalue weighted by atomic mass is 16.6. The summed E-state index contributed by atoms with van der Waals surface area (Å²) >= 11 is 0. The number of nitrogens with two attached hydrogens (primary N) is 1. The van der Waals surface area contributed by atoms with E-state index in [2.05, 4.69) is 49.9 Å². The van der Waals surface area contributed by atoms with Crippen molar-refractivity contribution in [1.29, 1.82) is 0 Å². The second kappa shape index (κ2) is 11.7. The number of hydrogen-bond acceptors (Lipinski definition) is 10. The van der Waals surface area contributed by atoms with Gasteiger partial charge in [0.05, 0.1) is 18.5 Å². The maximum Gasteiger partial charge on any atom is 0.293 e. The summed E-state index contributed by atoms with van der Waals surface area (Å²) < 4.78 is 11.5. The first-order valence-electron chi connectivity index (χ1n) is 10.9. The SMILES string of the molecule is CCCN(CCC)Cc1c(C(=O)N/N=C\c2ccc(OCC)cc2)nnn1-c1nonc1N. The van der Waals surface area contributed by atoms with E-state index in [1.165, 1.54) is 10.9 Å². The van der Waals surface area contributed by atoms with Crippen LogP contribution >= 0.6 is 0 Å². The fourth-order valence-electron chi connectivity index (χ4n) is 3.28. The van der Waals surface area contributed by atoms with Crippen molar-refractivity contribution < 1.29 is 14.2 Å². The molecule has 3 N–H and O–H groups in total. The van der Waals surface area contributed by atoms with Gasteiger partial charge >= 0.3 is 0 Å². The summed E-state index contributed by atoms with van der Waals surface area (Å²) in [6.45, 7) is 8.84. The first-order valence-corrected chi connectivity index (χ1v) is 10.9. The van der Waals surface area contributed by atoms with Crippen LogP contribution in [-0.4, -0.2) is 62.0 Å². The quantitative estimate of drug-likeness (QED) is 0.309. The Morgan fingerprint density at radius 2 is 1.94 bits per heavy atom. The Morgan fingerprint density at radius 1 is 1.21 bits per heavy atom. The minimum Gasteiger partial charge on any atom is -0.494 e. The lowest BCUT2D eigenvalue weighted by molar-refractivity contribution is 0.0947. The van der Waals surface area contributed by atoms with Crippen molar-refractivity contribution in [3.63, 3.8) is 0 Å². The summed E-state index contributed by atoms with van der Waals surface area (Å²) in [6, 6.07) is 7.36. The van der Waals surface area contributed by atoms with Crippen LogP contribution in [0.15, 0.2) is 34.0 Å². The Morgan fingerprint density at radius 3 is 2.55 bits per heavy atom. The number of aromatic nitrogens is 5. The van der Waals surface area contributed by atoms with E-state index < -0.39 is 5.91 Å². The first kappa shape index (κ1) is 23.9. The Kier molecular flexibility index (Phi) is 8.47. The highest BCUT2D eigenvalue weighted by Gasteiger charge is 2.25. The van der Waals surface area contributed by atoms with Crippen molar-refractivity contribution in [3.8, 4) is 11.6 Å². The van der Waals surface area contributed by atoms with Crippen LogP contribution in [0.1, 0.15) is 55.4 Å². The third-order valence-electron chi connectivity index (χ3n) is 4.70. The van der Waals surface area contributed by atoms with Gasteiger partial charge < -0.3 is 10.5 Å². The summed E-state index contributed by atoms with van der Waals surface area (Å²) in [5.74, 6) is 0.508. The molecule has 0 radical (unpaired) electrons. The van der Waals surface area contributed by atoms with Crippen LogP contribution in [0.4, 0.5) is 5.82 Å². The van der Waals surface area contributed by atoms with Crippen LogP contribution in [0.5, 0.6) is 5.75 Å². The number of hydrogen-bond donors (Lipinski definition) is 2. The maximum atomic E-state index is 12.9. The molecule has 1 amide bonds. The van der Waals surface area contributed by atoms with Crippen LogP contribution in [0.2, 0.25) is 0 Å². The number of nitrogens with zero attached hydrogens (tertiary/aromatic N) is 7. The third kappa shape index (κ3) is 6.13. The van der Waals surface area contributed by atoms with E-state index >= 15 is 0 Å². The van der Waals surface area contributed by atoms with E-state index in [1.54, 1.807) is 0 Å². The molecule has 0 unspecified atom stereocenters. The fraction of sp³-hybridized carbons (Fsp3) is 0.429. The molecule has 2 aromatic heterocycles. The lowest BCUT2D eigenvalue weighted by atomic mass is 10.2. The van der Waals surface area contributed by atoms with Gasteiger partial charge in [0, 0.05) is 6.54 Å². The molecule has 0 aliphatic carbocycles. The molecule has 1 aromatic carbocycles. The maximum absolute atomic E-state index is 12.9. The Labute approximate surface area is 191 Å². The van der Waals surface area contributed by atoms with Crippen molar-refractivity contribution >= 4 is 17.9 Å². The number of ether oxygens (including phenoxy) is 1. The summed E-state index contributed by atoms with van der Waals surface area (Å²) in [4.78, 5) is 15.1. The van der Waals surface area contributed by atoms with Gasteiger partial charge in [-0.1, -0.05) is 19.1 Å². The highest BCUT2D eigenvalue weighted by molar-refractivity contribution is 5.94. The zero-order valence-corrected chi connectivity index (χ0v) is 19.1. The first-order chi connectivity index (χ1) is 16.1. The van der Waals surface area contributed by atoms with Crippen molar-refractivity contribution in [1.82, 2.24) is 35.6 Å². The monoisotopic (exact) mass is 455 g/mol. The zero-order chi connectivity index (χ0) is 23.6. The van der Waals surface area contributed by atoms with Gasteiger partial charge in [-0.3, -0.25) is 9.69 Å². The number of rotatable bonds is 12. The van der Waals surface area contributed by atoms with Gasteiger partial charge in [0.15, 0.2) is 5.69 Å². The summed E-state index contributed by atoms with van der Waals surface area (Å²) in [7, 11) is 0. The molecule has 12 nitrogen and oxygen atoms in total. The van der Waals surface area contributed by atoms with Crippen LogP contribution in [0.25, 0.3) is 5.82 Å². The second-order valence-electron chi connectivity index (χ2n) is 7.25. The highest BCUT2D eigenvalue weighted by Crippen LogP contribution is 2.18. The second-order valence-corrected chi connectivity index (χ2v) is 7.25. The van der Waals surface area contributed by atoms with E-state index in [4.69, 9.17) is 15.1 Å². The van der Waals surface area contributed by atoms with Gasteiger partial charge in [-0.25, -0.2) is 10.1 Å². The fourth-order valence-corrected chi connectivity index (χ4v) is 3.28. The number of anilines is 1. The lowest BCUT2D eigenvalue weighted by Crippen LogP contribution is -2.28. The number of carbonyl (C=O) groups excluding carboxylic acids is 1. The average Bonchev–Trinajstić information content (AvgIpc) is 3.41. The molecule has 0 spiro atoms. The van der Waals surface area contributed by atoms with Crippen molar-refractivity contribution in [2.75, 3.05) is 25.4 Å². The molecular weight excluding hydrogens is 426 g/mol. The zero-order valence-electron chi connectivity index (χ0n) is 19.1. The Bertz CT molecular complexity index is 1050. The molecule has 0 atom stereocenters. The molecule has 3 rings (SSSR count). The van der Waals surface area contributed by atoms with E-state index in [0.717, 1.165) is 37.2 Å². The van der Waals surface area contributed by atoms with Gasteiger partial charge in [-0.15, -0.1) is 5.10 Å². The minimum absolute atomic E-state index is 0.0548. The summed E-state index contributed by atoms with van der Waals surface area (Å²) in [5.41, 5.74) is 9.81. The molecule has 176 valence electrons. The predicted octanol–water partition coefficient (Wildman–Crippen LogP) is 2.02. The van der Waals surface area contributed by atoms with Gasteiger partial charge in [0.25, 0.3) is 5.91 Å². The smallest absolute Gasteiger partial charge is 0.293 e. The molecular formula is C21H29N9O3. The molecule has 0 bridgehead atoms. The van der Waals surface area contributed by atoms with Crippen LogP contribution in [0, 0.1) is 0 Å². The standard InChI is InChI=1S/C21H29N9O3/c1-4-11-29(12-5-2)14-17-18(24-28-30(17)20-19(22)26-33-27-20)21(31)25-23-13-15-7-9-16(10-8-15)32-6-3/h7-10,13H,4-6,11-12,14H2,1-3H3,(H2,22,26)(H,25,31)/b23-13-. The molecule has 0 aliphatic rings. The number of hydrazone groups is 1. The van der Waals surface area contributed by atoms with Gasteiger partial charge in [0.1, 0.15) is 5.75 Å². The van der Waals surface area contributed by atoms with Gasteiger partial charge in [0.2, 0.25) is 11.6 Å². The normalized spacial score (nSPS) is 11.4. The topological polar surface area (TPSA) is 150 Å². The summed E-state index contributed by atoms with van der Waals surface area (Å²) in [5, 5.41) is 19.6. The number of benzene rings is 1. The Hall–Kier alpha value is -3.80. The van der Waals surface area contributed by atoms with Crippen molar-refractivity contribution in [3.05, 3.63) is 41.2 Å². The van der Waals surface area contributed by atoms with Crippen molar-refractivity contribution in [2.45, 2.75) is 40.2 Å². The largest absolute Gasteiger partial charge is 0.494 e. The number of nitrogens with one attached hydrogen (secondary N) is 1. The molecule has 0 saturated heterocycles. The van der Waals surface area contributed by atoms with Crippen LogP contribution in [0.3, 0.4) is 0 Å². The van der Waals surface area contributed by atoms with Crippen LogP contribution in [-0.2, 0) is 6.54 Å². The minimum atomic E-state index is -0.499. The molecule has 0 saturated carbocycles. The lowest BCUT2D eigenvalue weighted by Gasteiger charge is -2.21. The van der Waals surface area contributed by atoms with E-state index in [9.17, 15) is 4.79 Å². The van der Waals surface area contributed by atoms with E-state index in [-0.39, 0.29) is 17.3 Å². The number of amides is 1. The number of nitrogen functional groups attached to an aromatic ring is 1. The molecule has 3 aromatic rings. The third-order valence-corrected chi connectivity index (χ3v) is 4.70. The predicted molar refractivity (Wildman–Crippen MR) is 122 cm³/mol. The summed E-state index contributed by atoms with van der Waals surface area (Å²) in [6.07, 6.45) is 3.46. The average molecular weight is 456 g/mol. The molecule has 0 fully saturated rings. The van der Waals surface area contributed by atoms with E-state index in [1.807, 2.05) is 31.2 Å². The molecule has 33 heavy (non-hydrogen) atoms. The molecule has 12 heteroatoms.